The highest BCUT2D eigenvalue weighted by molar-refractivity contribution is 7.89. The number of hydrogen-bond acceptors (Lipinski definition) is 4. The van der Waals surface area contributed by atoms with Crippen LogP contribution in [0.3, 0.4) is 0 Å². The van der Waals surface area contributed by atoms with Gasteiger partial charge in [0, 0.05) is 13.1 Å². The molecule has 0 heterocycles. The zero-order chi connectivity index (χ0) is 16.4. The van der Waals surface area contributed by atoms with Crippen LogP contribution >= 0.6 is 0 Å². The van der Waals surface area contributed by atoms with E-state index >= 15 is 0 Å². The number of aromatic carboxylic acids is 1. The Labute approximate surface area is 122 Å². The van der Waals surface area contributed by atoms with E-state index in [4.69, 9.17) is 5.11 Å². The van der Waals surface area contributed by atoms with E-state index in [2.05, 4.69) is 0 Å². The number of halogens is 1. The van der Waals surface area contributed by atoms with Gasteiger partial charge in [-0.05, 0) is 32.0 Å². The lowest BCUT2D eigenvalue weighted by Crippen LogP contribution is -2.42. The molecule has 21 heavy (non-hydrogen) atoms. The van der Waals surface area contributed by atoms with Gasteiger partial charge >= 0.3 is 5.97 Å². The van der Waals surface area contributed by atoms with Gasteiger partial charge in [-0.1, -0.05) is 6.92 Å². The third-order valence-electron chi connectivity index (χ3n) is 2.71. The van der Waals surface area contributed by atoms with E-state index in [1.807, 2.05) is 0 Å². The quantitative estimate of drug-likeness (QED) is 0.824. The molecule has 0 aliphatic heterocycles. The first kappa shape index (κ1) is 17.5. The van der Waals surface area contributed by atoms with E-state index in [1.54, 1.807) is 6.92 Å². The summed E-state index contributed by atoms with van der Waals surface area (Å²) in [6, 6.07) is 2.57. The van der Waals surface area contributed by atoms with Crippen molar-refractivity contribution < 1.29 is 27.8 Å². The van der Waals surface area contributed by atoms with Gasteiger partial charge in [0.2, 0.25) is 10.0 Å². The van der Waals surface area contributed by atoms with E-state index in [0.29, 0.717) is 0 Å². The number of sulfonamides is 1. The lowest BCUT2D eigenvalue weighted by molar-refractivity contribution is 0.0600. The molecule has 0 amide bonds. The fourth-order valence-electron chi connectivity index (χ4n) is 1.77. The predicted molar refractivity (Wildman–Crippen MR) is 74.1 cm³/mol. The van der Waals surface area contributed by atoms with Gasteiger partial charge in [0.15, 0.2) is 0 Å². The molecule has 0 aliphatic carbocycles. The second kappa shape index (κ2) is 6.08. The molecule has 0 unspecified atom stereocenters. The summed E-state index contributed by atoms with van der Waals surface area (Å²) in [5.41, 5.74) is -1.63. The Bertz CT molecular complexity index is 636. The number of nitrogens with zero attached hydrogens (tertiary/aromatic N) is 1. The molecule has 6 nitrogen and oxygen atoms in total. The standard InChI is InChI=1S/C13H18FNO5S/c1-4-15(8-13(2,3)18)21(19,20)11-7-9(12(16)17)5-6-10(11)14/h5-7,18H,4,8H2,1-3H3,(H,16,17). The van der Waals surface area contributed by atoms with Crippen LogP contribution in [0.4, 0.5) is 4.39 Å². The summed E-state index contributed by atoms with van der Waals surface area (Å²) in [6.45, 7) is 4.18. The molecule has 0 saturated carbocycles. The summed E-state index contributed by atoms with van der Waals surface area (Å²) in [6.07, 6.45) is 0. The normalized spacial score (nSPS) is 12.7. The molecular weight excluding hydrogens is 301 g/mol. The zero-order valence-electron chi connectivity index (χ0n) is 12.0. The monoisotopic (exact) mass is 319 g/mol. The van der Waals surface area contributed by atoms with Crippen LogP contribution in [0.2, 0.25) is 0 Å². The second-order valence-corrected chi connectivity index (χ2v) is 7.10. The Kier molecular flexibility index (Phi) is 5.08. The molecular formula is C13H18FNO5S. The van der Waals surface area contributed by atoms with Crippen molar-refractivity contribution in [2.45, 2.75) is 31.3 Å². The van der Waals surface area contributed by atoms with Gasteiger partial charge in [-0.15, -0.1) is 0 Å². The number of aliphatic hydroxyl groups is 1. The molecule has 0 bridgehead atoms. The van der Waals surface area contributed by atoms with Crippen LogP contribution in [-0.2, 0) is 10.0 Å². The van der Waals surface area contributed by atoms with Crippen LogP contribution in [0, 0.1) is 5.82 Å². The number of benzene rings is 1. The molecule has 0 fully saturated rings. The van der Waals surface area contributed by atoms with E-state index in [0.717, 1.165) is 22.5 Å². The molecule has 0 atom stereocenters. The third kappa shape index (κ3) is 4.23. The van der Waals surface area contributed by atoms with E-state index < -0.39 is 32.3 Å². The first-order valence-corrected chi connectivity index (χ1v) is 7.68. The maximum absolute atomic E-state index is 13.8. The van der Waals surface area contributed by atoms with Crippen molar-refractivity contribution in [1.29, 1.82) is 0 Å². The van der Waals surface area contributed by atoms with Gasteiger partial charge in [-0.25, -0.2) is 17.6 Å². The topological polar surface area (TPSA) is 94.9 Å². The summed E-state index contributed by atoms with van der Waals surface area (Å²) < 4.78 is 39.5. The highest BCUT2D eigenvalue weighted by Gasteiger charge is 2.31. The first-order chi connectivity index (χ1) is 9.49. The molecule has 118 valence electrons. The highest BCUT2D eigenvalue weighted by atomic mass is 32.2. The molecule has 1 aromatic carbocycles. The molecule has 0 aliphatic rings. The van der Waals surface area contributed by atoms with E-state index in [-0.39, 0.29) is 18.7 Å². The summed E-state index contributed by atoms with van der Waals surface area (Å²) in [4.78, 5) is 10.2. The molecule has 1 aromatic rings. The van der Waals surface area contributed by atoms with Gasteiger partial charge in [-0.2, -0.15) is 4.31 Å². The van der Waals surface area contributed by atoms with Crippen LogP contribution in [0.25, 0.3) is 0 Å². The Morgan fingerprint density at radius 3 is 2.38 bits per heavy atom. The smallest absolute Gasteiger partial charge is 0.335 e. The summed E-state index contributed by atoms with van der Waals surface area (Å²) in [7, 11) is -4.24. The van der Waals surface area contributed by atoms with Crippen LogP contribution in [-0.4, -0.2) is 47.6 Å². The average molecular weight is 319 g/mol. The van der Waals surface area contributed by atoms with Gasteiger partial charge in [0.25, 0.3) is 0 Å². The molecule has 1 rings (SSSR count). The minimum atomic E-state index is -4.24. The highest BCUT2D eigenvalue weighted by Crippen LogP contribution is 2.22. The van der Waals surface area contributed by atoms with Crippen LogP contribution in [0.5, 0.6) is 0 Å². The van der Waals surface area contributed by atoms with Crippen molar-refractivity contribution in [2.75, 3.05) is 13.1 Å². The van der Waals surface area contributed by atoms with E-state index in [9.17, 15) is 22.7 Å². The minimum Gasteiger partial charge on any atom is -0.478 e. The predicted octanol–water partition coefficient (Wildman–Crippen LogP) is 1.31. The number of likely N-dealkylation sites (N-methyl/N-ethyl adjacent to an activating group) is 1. The minimum absolute atomic E-state index is 0.0169. The maximum atomic E-state index is 13.8. The van der Waals surface area contributed by atoms with Gasteiger partial charge in [0.1, 0.15) is 10.7 Å². The van der Waals surface area contributed by atoms with Gasteiger partial charge < -0.3 is 10.2 Å². The number of carbonyl (C=O) groups is 1. The van der Waals surface area contributed by atoms with Gasteiger partial charge in [-0.3, -0.25) is 0 Å². The zero-order valence-corrected chi connectivity index (χ0v) is 12.8. The van der Waals surface area contributed by atoms with Gasteiger partial charge in [0.05, 0.1) is 11.2 Å². The first-order valence-electron chi connectivity index (χ1n) is 6.24. The number of hydrogen-bond donors (Lipinski definition) is 2. The third-order valence-corrected chi connectivity index (χ3v) is 4.65. The van der Waals surface area contributed by atoms with Crippen molar-refractivity contribution in [3.63, 3.8) is 0 Å². The summed E-state index contributed by atoms with van der Waals surface area (Å²) in [5.74, 6) is -2.38. The largest absolute Gasteiger partial charge is 0.478 e. The Balaban J connectivity index is 3.35. The van der Waals surface area contributed by atoms with Crippen molar-refractivity contribution >= 4 is 16.0 Å². The number of rotatable bonds is 6. The number of carboxylic acid groups (broad SMARTS) is 1. The summed E-state index contributed by atoms with van der Waals surface area (Å²) in [5, 5.41) is 18.6. The molecule has 0 saturated heterocycles. The lowest BCUT2D eigenvalue weighted by atomic mass is 10.1. The molecule has 8 heteroatoms. The molecule has 0 radical (unpaired) electrons. The fourth-order valence-corrected chi connectivity index (χ4v) is 3.47. The SMILES string of the molecule is CCN(CC(C)(C)O)S(=O)(=O)c1cc(C(=O)O)ccc1F. The fraction of sp³-hybridized carbons (Fsp3) is 0.462. The van der Waals surface area contributed by atoms with Crippen molar-refractivity contribution in [1.82, 2.24) is 4.31 Å². The Morgan fingerprint density at radius 2 is 1.95 bits per heavy atom. The molecule has 0 aromatic heterocycles. The Hall–Kier alpha value is -1.51. The van der Waals surface area contributed by atoms with Crippen molar-refractivity contribution in [2.24, 2.45) is 0 Å². The van der Waals surface area contributed by atoms with E-state index in [1.165, 1.54) is 13.8 Å². The second-order valence-electron chi connectivity index (χ2n) is 5.19. The maximum Gasteiger partial charge on any atom is 0.335 e. The lowest BCUT2D eigenvalue weighted by Gasteiger charge is -2.27. The van der Waals surface area contributed by atoms with Crippen LogP contribution in [0.15, 0.2) is 23.1 Å². The molecule has 2 N–H and O–H groups in total. The number of carboxylic acids is 1. The van der Waals surface area contributed by atoms with Crippen LogP contribution < -0.4 is 0 Å². The van der Waals surface area contributed by atoms with Crippen LogP contribution in [0.1, 0.15) is 31.1 Å². The Morgan fingerprint density at radius 1 is 1.38 bits per heavy atom. The average Bonchev–Trinajstić information content (AvgIpc) is 2.34. The molecule has 0 spiro atoms. The summed E-state index contributed by atoms with van der Waals surface area (Å²) >= 11 is 0. The van der Waals surface area contributed by atoms with Crippen molar-refractivity contribution in [3.8, 4) is 0 Å². The van der Waals surface area contributed by atoms with Crippen molar-refractivity contribution in [3.05, 3.63) is 29.6 Å².